The first-order chi connectivity index (χ1) is 19.5. The molecule has 0 aliphatic heterocycles. The summed E-state index contributed by atoms with van der Waals surface area (Å²) in [7, 11) is 0. The number of benzene rings is 6. The van der Waals surface area contributed by atoms with E-state index in [0.717, 1.165) is 11.4 Å². The minimum atomic E-state index is 1.15. The third-order valence-electron chi connectivity index (χ3n) is 7.75. The van der Waals surface area contributed by atoms with Crippen molar-refractivity contribution in [2.45, 2.75) is 27.7 Å². The standard InChI is InChI=1S/C38H34N2/c1-27-13-5-9-17-35(27)39(36-18-10-6-14-28(36)2)33-23-21-32-26-34(24-22-31(32)25-33)40(37-19-11-7-15-29(37)3)38-20-12-8-16-30(38)4/h5-26H,1-4H3. The SMILES string of the molecule is Cc1ccccc1N(c1ccc2cc(N(c3ccccc3C)c3ccccc3C)ccc2c1)c1ccccc1C. The van der Waals surface area contributed by atoms with Crippen LogP contribution in [0.2, 0.25) is 0 Å². The van der Waals surface area contributed by atoms with Gasteiger partial charge in [0.05, 0.1) is 0 Å². The lowest BCUT2D eigenvalue weighted by Crippen LogP contribution is -2.13. The van der Waals surface area contributed by atoms with Gasteiger partial charge in [-0.05, 0) is 109 Å². The van der Waals surface area contributed by atoms with Crippen molar-refractivity contribution in [1.29, 1.82) is 0 Å². The van der Waals surface area contributed by atoms with Crippen LogP contribution < -0.4 is 9.80 Å². The first kappa shape index (κ1) is 25.5. The summed E-state index contributed by atoms with van der Waals surface area (Å²) < 4.78 is 0. The maximum Gasteiger partial charge on any atom is 0.0490 e. The summed E-state index contributed by atoms with van der Waals surface area (Å²) >= 11 is 0. The van der Waals surface area contributed by atoms with Crippen LogP contribution in [-0.2, 0) is 0 Å². The summed E-state index contributed by atoms with van der Waals surface area (Å²) in [6, 6.07) is 48.0. The highest BCUT2D eigenvalue weighted by molar-refractivity contribution is 5.94. The Morgan fingerprint density at radius 2 is 0.600 bits per heavy atom. The minimum absolute atomic E-state index is 1.15. The molecule has 0 aromatic heterocycles. The second-order valence-electron chi connectivity index (χ2n) is 10.5. The van der Waals surface area contributed by atoms with Crippen LogP contribution in [0.1, 0.15) is 22.3 Å². The maximum absolute atomic E-state index is 2.38. The molecule has 0 heterocycles. The molecule has 0 N–H and O–H groups in total. The molecule has 0 spiro atoms. The first-order valence-electron chi connectivity index (χ1n) is 13.9. The number of anilines is 6. The van der Waals surface area contributed by atoms with Crippen LogP contribution in [0.5, 0.6) is 0 Å². The lowest BCUT2D eigenvalue weighted by atomic mass is 10.0. The molecule has 0 bridgehead atoms. The van der Waals surface area contributed by atoms with Crippen LogP contribution in [0.25, 0.3) is 10.8 Å². The van der Waals surface area contributed by atoms with Gasteiger partial charge < -0.3 is 9.80 Å². The van der Waals surface area contributed by atoms with Crippen molar-refractivity contribution in [1.82, 2.24) is 0 Å². The Morgan fingerprint density at radius 1 is 0.325 bits per heavy atom. The molecule has 0 saturated carbocycles. The van der Waals surface area contributed by atoms with E-state index in [0.29, 0.717) is 0 Å². The van der Waals surface area contributed by atoms with E-state index in [1.165, 1.54) is 55.8 Å². The Bertz CT molecular complexity index is 1590. The van der Waals surface area contributed by atoms with Crippen LogP contribution in [-0.4, -0.2) is 0 Å². The van der Waals surface area contributed by atoms with Crippen LogP contribution in [0.15, 0.2) is 133 Å². The fourth-order valence-corrected chi connectivity index (χ4v) is 5.57. The molecule has 40 heavy (non-hydrogen) atoms. The van der Waals surface area contributed by atoms with Crippen LogP contribution in [0, 0.1) is 27.7 Å². The monoisotopic (exact) mass is 518 g/mol. The molecule has 0 fully saturated rings. The van der Waals surface area contributed by atoms with Gasteiger partial charge in [-0.25, -0.2) is 0 Å². The molecule has 6 rings (SSSR count). The predicted octanol–water partition coefficient (Wildman–Crippen LogP) is 11.0. The van der Waals surface area contributed by atoms with E-state index >= 15 is 0 Å². The molecule has 6 aromatic carbocycles. The molecule has 0 saturated heterocycles. The lowest BCUT2D eigenvalue weighted by molar-refractivity contribution is 1.22. The summed E-state index contributed by atoms with van der Waals surface area (Å²) in [5.41, 5.74) is 12.0. The van der Waals surface area contributed by atoms with Crippen molar-refractivity contribution >= 4 is 44.9 Å². The average molecular weight is 519 g/mol. The Labute approximate surface area is 237 Å². The van der Waals surface area contributed by atoms with Crippen molar-refractivity contribution < 1.29 is 0 Å². The summed E-state index contributed by atoms with van der Waals surface area (Å²) in [6.07, 6.45) is 0. The quantitative estimate of drug-likeness (QED) is 0.216. The molecule has 0 aliphatic carbocycles. The van der Waals surface area contributed by atoms with Crippen molar-refractivity contribution in [2.75, 3.05) is 9.80 Å². The number of para-hydroxylation sites is 4. The first-order valence-corrected chi connectivity index (χ1v) is 13.9. The third kappa shape index (κ3) is 4.74. The van der Waals surface area contributed by atoms with E-state index in [4.69, 9.17) is 0 Å². The van der Waals surface area contributed by atoms with Gasteiger partial charge in [0.2, 0.25) is 0 Å². The highest BCUT2D eigenvalue weighted by atomic mass is 15.2. The van der Waals surface area contributed by atoms with Crippen LogP contribution in [0.4, 0.5) is 34.1 Å². The predicted molar refractivity (Wildman–Crippen MR) is 172 cm³/mol. The molecule has 0 radical (unpaired) electrons. The van der Waals surface area contributed by atoms with Crippen LogP contribution >= 0.6 is 0 Å². The maximum atomic E-state index is 2.38. The van der Waals surface area contributed by atoms with E-state index < -0.39 is 0 Å². The highest BCUT2D eigenvalue weighted by Crippen LogP contribution is 2.42. The minimum Gasteiger partial charge on any atom is -0.310 e. The smallest absolute Gasteiger partial charge is 0.0490 e. The topological polar surface area (TPSA) is 6.48 Å². The van der Waals surface area contributed by atoms with Crippen molar-refractivity contribution in [3.05, 3.63) is 156 Å². The van der Waals surface area contributed by atoms with E-state index in [-0.39, 0.29) is 0 Å². The van der Waals surface area contributed by atoms with Gasteiger partial charge in [0, 0.05) is 34.1 Å². The van der Waals surface area contributed by atoms with Gasteiger partial charge in [-0.15, -0.1) is 0 Å². The molecule has 0 unspecified atom stereocenters. The van der Waals surface area contributed by atoms with Gasteiger partial charge in [0.1, 0.15) is 0 Å². The fourth-order valence-electron chi connectivity index (χ4n) is 5.57. The van der Waals surface area contributed by atoms with E-state index in [1.54, 1.807) is 0 Å². The van der Waals surface area contributed by atoms with E-state index in [1.807, 2.05) is 0 Å². The van der Waals surface area contributed by atoms with Crippen LogP contribution in [0.3, 0.4) is 0 Å². The normalized spacial score (nSPS) is 11.0. The lowest BCUT2D eigenvalue weighted by Gasteiger charge is -2.29. The second-order valence-corrected chi connectivity index (χ2v) is 10.5. The molecular weight excluding hydrogens is 484 g/mol. The molecule has 0 amide bonds. The number of hydrogen-bond donors (Lipinski definition) is 0. The van der Waals surface area contributed by atoms with Gasteiger partial charge in [-0.1, -0.05) is 84.9 Å². The Balaban J connectivity index is 1.49. The molecule has 6 aromatic rings. The zero-order valence-corrected chi connectivity index (χ0v) is 23.6. The summed E-state index contributed by atoms with van der Waals surface area (Å²) in [5.74, 6) is 0. The molecule has 196 valence electrons. The van der Waals surface area contributed by atoms with Crippen molar-refractivity contribution in [2.24, 2.45) is 0 Å². The van der Waals surface area contributed by atoms with Gasteiger partial charge in [-0.2, -0.15) is 0 Å². The Hall–Kier alpha value is -4.82. The Morgan fingerprint density at radius 3 is 0.875 bits per heavy atom. The molecule has 0 aliphatic rings. The third-order valence-corrected chi connectivity index (χ3v) is 7.75. The summed E-state index contributed by atoms with van der Waals surface area (Å²) in [6.45, 7) is 8.72. The van der Waals surface area contributed by atoms with Crippen molar-refractivity contribution in [3.63, 3.8) is 0 Å². The van der Waals surface area contributed by atoms with Crippen molar-refractivity contribution in [3.8, 4) is 0 Å². The molecule has 0 atom stereocenters. The van der Waals surface area contributed by atoms with Gasteiger partial charge in [0.15, 0.2) is 0 Å². The van der Waals surface area contributed by atoms with Gasteiger partial charge in [0.25, 0.3) is 0 Å². The highest BCUT2D eigenvalue weighted by Gasteiger charge is 2.19. The molecule has 2 heteroatoms. The molecular formula is C38H34N2. The number of nitrogens with zero attached hydrogens (tertiary/aromatic N) is 2. The zero-order chi connectivity index (χ0) is 27.6. The number of aryl methyl sites for hydroxylation is 4. The van der Waals surface area contributed by atoms with E-state index in [2.05, 4.69) is 171 Å². The summed E-state index contributed by atoms with van der Waals surface area (Å²) in [5, 5.41) is 2.42. The van der Waals surface area contributed by atoms with E-state index in [9.17, 15) is 0 Å². The fraction of sp³-hybridized carbons (Fsp3) is 0.105. The number of hydrogen-bond acceptors (Lipinski definition) is 2. The largest absolute Gasteiger partial charge is 0.310 e. The zero-order valence-electron chi connectivity index (χ0n) is 23.6. The second kappa shape index (κ2) is 10.7. The number of fused-ring (bicyclic) bond motifs is 1. The average Bonchev–Trinajstić information content (AvgIpc) is 2.97. The summed E-state index contributed by atoms with van der Waals surface area (Å²) in [4.78, 5) is 4.76. The van der Waals surface area contributed by atoms with Gasteiger partial charge in [-0.3, -0.25) is 0 Å². The Kier molecular flexibility index (Phi) is 6.84. The van der Waals surface area contributed by atoms with Gasteiger partial charge >= 0.3 is 0 Å². The number of rotatable bonds is 6. The molecule has 2 nitrogen and oxygen atoms in total.